The molecular weight excluding hydrogens is 368 g/mol. The Labute approximate surface area is 167 Å². The van der Waals surface area contributed by atoms with Gasteiger partial charge >= 0.3 is 0 Å². The molecule has 0 spiro atoms. The van der Waals surface area contributed by atoms with Crippen molar-refractivity contribution in [3.63, 3.8) is 0 Å². The van der Waals surface area contributed by atoms with E-state index in [1.54, 1.807) is 24.3 Å². The highest BCUT2D eigenvalue weighted by Gasteiger charge is 2.30. The van der Waals surface area contributed by atoms with Crippen LogP contribution in [0, 0.1) is 6.92 Å². The van der Waals surface area contributed by atoms with Gasteiger partial charge in [0.05, 0.1) is 11.0 Å². The molecule has 0 radical (unpaired) electrons. The molecule has 0 bridgehead atoms. The van der Waals surface area contributed by atoms with Crippen molar-refractivity contribution in [1.29, 1.82) is 0 Å². The normalized spacial score (nSPS) is 19.6. The molecule has 3 nitrogen and oxygen atoms in total. The zero-order valence-corrected chi connectivity index (χ0v) is 16.7. The van der Waals surface area contributed by atoms with Gasteiger partial charge in [-0.1, -0.05) is 72.3 Å². The number of rotatable bonds is 4. The molecule has 4 heteroatoms. The first kappa shape index (κ1) is 18.9. The van der Waals surface area contributed by atoms with Gasteiger partial charge < -0.3 is 0 Å². The number of fused-ring (bicyclic) bond motifs is 1. The molecule has 0 aromatic heterocycles. The summed E-state index contributed by atoms with van der Waals surface area (Å²) in [5.74, 6) is 0.123. The van der Waals surface area contributed by atoms with E-state index in [1.807, 2.05) is 31.2 Å². The maximum absolute atomic E-state index is 12.8. The van der Waals surface area contributed by atoms with Gasteiger partial charge in [0.1, 0.15) is 0 Å². The van der Waals surface area contributed by atoms with Gasteiger partial charge in [0.25, 0.3) is 10.1 Å². The lowest BCUT2D eigenvalue weighted by Gasteiger charge is -2.22. The molecule has 0 amide bonds. The van der Waals surface area contributed by atoms with Crippen molar-refractivity contribution < 1.29 is 12.6 Å². The second-order valence-electron chi connectivity index (χ2n) is 7.42. The first-order valence-corrected chi connectivity index (χ1v) is 11.1. The molecule has 0 saturated heterocycles. The summed E-state index contributed by atoms with van der Waals surface area (Å²) in [7, 11) is -3.79. The molecule has 0 fully saturated rings. The van der Waals surface area contributed by atoms with Crippen LogP contribution < -0.4 is 0 Å². The quantitative estimate of drug-likeness (QED) is 0.451. The third-order valence-electron chi connectivity index (χ3n) is 5.44. The zero-order chi connectivity index (χ0) is 19.6. The predicted molar refractivity (Wildman–Crippen MR) is 111 cm³/mol. The lowest BCUT2D eigenvalue weighted by atomic mass is 9.86. The van der Waals surface area contributed by atoms with Crippen LogP contribution in [-0.4, -0.2) is 14.5 Å². The fourth-order valence-electron chi connectivity index (χ4n) is 3.95. The Bertz CT molecular complexity index is 1040. The van der Waals surface area contributed by atoms with E-state index in [9.17, 15) is 8.42 Å². The Balaban J connectivity index is 1.64. The van der Waals surface area contributed by atoms with E-state index in [1.165, 1.54) is 16.7 Å². The molecule has 0 saturated carbocycles. The predicted octanol–water partition coefficient (Wildman–Crippen LogP) is 5.24. The van der Waals surface area contributed by atoms with Crippen molar-refractivity contribution in [2.45, 2.75) is 43.1 Å². The molecule has 1 aliphatic rings. The van der Waals surface area contributed by atoms with E-state index in [2.05, 4.69) is 30.3 Å². The number of benzene rings is 3. The van der Waals surface area contributed by atoms with Crippen LogP contribution >= 0.6 is 0 Å². The standard InChI is InChI=1S/C24H24O3S/c1-18-11-15-22(16-12-18)28(25,26)27-21-14-13-20-9-5-6-10-23(20)24(17-21)19-7-3-2-4-8-19/h2-12,15-16,21,24H,13-14,17H2,1H3/t21-,24+/m0/s1. The van der Waals surface area contributed by atoms with Crippen molar-refractivity contribution in [2.75, 3.05) is 0 Å². The van der Waals surface area contributed by atoms with Gasteiger partial charge in [0.2, 0.25) is 0 Å². The molecule has 2 atom stereocenters. The summed E-state index contributed by atoms with van der Waals surface area (Å²) in [5, 5.41) is 0. The Morgan fingerprint density at radius 1 is 0.857 bits per heavy atom. The summed E-state index contributed by atoms with van der Waals surface area (Å²) < 4.78 is 31.4. The highest BCUT2D eigenvalue weighted by Crippen LogP contribution is 2.37. The van der Waals surface area contributed by atoms with Gasteiger partial charge in [-0.25, -0.2) is 0 Å². The third kappa shape index (κ3) is 4.03. The highest BCUT2D eigenvalue weighted by atomic mass is 32.2. The van der Waals surface area contributed by atoms with Gasteiger partial charge in [-0.05, 0) is 55.0 Å². The molecule has 0 heterocycles. The van der Waals surface area contributed by atoms with Gasteiger partial charge in [-0.15, -0.1) is 0 Å². The lowest BCUT2D eigenvalue weighted by Crippen LogP contribution is -2.21. The van der Waals surface area contributed by atoms with Gasteiger partial charge in [-0.3, -0.25) is 4.18 Å². The summed E-state index contributed by atoms with van der Waals surface area (Å²) >= 11 is 0. The average Bonchev–Trinajstić information content (AvgIpc) is 2.88. The second-order valence-corrected chi connectivity index (χ2v) is 8.99. The Morgan fingerprint density at radius 2 is 1.54 bits per heavy atom. The summed E-state index contributed by atoms with van der Waals surface area (Å²) in [6, 6.07) is 25.5. The molecule has 0 aliphatic heterocycles. The van der Waals surface area contributed by atoms with Crippen LogP contribution in [0.2, 0.25) is 0 Å². The Hall–Kier alpha value is -2.43. The summed E-state index contributed by atoms with van der Waals surface area (Å²) in [6.45, 7) is 1.93. The van der Waals surface area contributed by atoms with Crippen LogP contribution in [0.5, 0.6) is 0 Å². The maximum Gasteiger partial charge on any atom is 0.297 e. The first-order valence-electron chi connectivity index (χ1n) is 9.65. The van der Waals surface area contributed by atoms with Crippen molar-refractivity contribution in [1.82, 2.24) is 0 Å². The fraction of sp³-hybridized carbons (Fsp3) is 0.250. The number of hydrogen-bond acceptors (Lipinski definition) is 3. The smallest absolute Gasteiger partial charge is 0.263 e. The Kier molecular flexibility index (Phi) is 5.33. The van der Waals surface area contributed by atoms with Crippen molar-refractivity contribution in [2.24, 2.45) is 0 Å². The van der Waals surface area contributed by atoms with E-state index < -0.39 is 10.1 Å². The average molecular weight is 393 g/mol. The van der Waals surface area contributed by atoms with E-state index in [4.69, 9.17) is 4.18 Å². The molecule has 3 aromatic rings. The molecule has 3 aromatic carbocycles. The summed E-state index contributed by atoms with van der Waals surface area (Å²) in [4.78, 5) is 0.219. The van der Waals surface area contributed by atoms with E-state index in [-0.39, 0.29) is 16.9 Å². The largest absolute Gasteiger partial charge is 0.297 e. The number of aryl methyl sites for hydroxylation is 2. The van der Waals surface area contributed by atoms with Crippen LogP contribution in [0.25, 0.3) is 0 Å². The van der Waals surface area contributed by atoms with Crippen molar-refractivity contribution >= 4 is 10.1 Å². The molecule has 0 N–H and O–H groups in total. The minimum atomic E-state index is -3.79. The Morgan fingerprint density at radius 3 is 2.29 bits per heavy atom. The van der Waals surface area contributed by atoms with Crippen LogP contribution in [-0.2, 0) is 20.7 Å². The molecule has 28 heavy (non-hydrogen) atoms. The van der Waals surface area contributed by atoms with Crippen molar-refractivity contribution in [3.05, 3.63) is 101 Å². The molecule has 1 aliphatic carbocycles. The van der Waals surface area contributed by atoms with Crippen LogP contribution in [0.15, 0.2) is 83.8 Å². The van der Waals surface area contributed by atoms with Gasteiger partial charge in [-0.2, -0.15) is 8.42 Å². The van der Waals surface area contributed by atoms with Crippen molar-refractivity contribution in [3.8, 4) is 0 Å². The molecule has 0 unspecified atom stereocenters. The summed E-state index contributed by atoms with van der Waals surface area (Å²) in [6.07, 6.45) is 1.79. The zero-order valence-electron chi connectivity index (χ0n) is 15.9. The fourth-order valence-corrected chi connectivity index (χ4v) is 5.07. The molecule has 4 rings (SSSR count). The maximum atomic E-state index is 12.8. The lowest BCUT2D eigenvalue weighted by molar-refractivity contribution is 0.187. The van der Waals surface area contributed by atoms with E-state index in [0.717, 1.165) is 12.0 Å². The molecular formula is C24H24O3S. The van der Waals surface area contributed by atoms with Crippen LogP contribution in [0.1, 0.15) is 41.0 Å². The third-order valence-corrected chi connectivity index (χ3v) is 6.81. The highest BCUT2D eigenvalue weighted by molar-refractivity contribution is 7.86. The second kappa shape index (κ2) is 7.90. The van der Waals surface area contributed by atoms with Crippen LogP contribution in [0.3, 0.4) is 0 Å². The van der Waals surface area contributed by atoms with Gasteiger partial charge in [0.15, 0.2) is 0 Å². The minimum Gasteiger partial charge on any atom is -0.263 e. The van der Waals surface area contributed by atoms with E-state index in [0.29, 0.717) is 12.8 Å². The molecule has 144 valence electrons. The topological polar surface area (TPSA) is 43.4 Å². The summed E-state index contributed by atoms with van der Waals surface area (Å²) in [5.41, 5.74) is 4.76. The SMILES string of the molecule is Cc1ccc(S(=O)(=O)O[C@H]2CCc3ccccc3[C@@H](c3ccccc3)C2)cc1. The monoisotopic (exact) mass is 392 g/mol. The first-order chi connectivity index (χ1) is 13.5. The number of hydrogen-bond donors (Lipinski definition) is 0. The minimum absolute atomic E-state index is 0.123. The van der Waals surface area contributed by atoms with Gasteiger partial charge in [0, 0.05) is 5.92 Å². The van der Waals surface area contributed by atoms with E-state index >= 15 is 0 Å². The van der Waals surface area contributed by atoms with Crippen LogP contribution in [0.4, 0.5) is 0 Å².